The minimum absolute atomic E-state index is 0.0144. The maximum atomic E-state index is 13.7. The number of hydrogen-bond acceptors (Lipinski definition) is 8. The van der Waals surface area contributed by atoms with Crippen LogP contribution in [0.1, 0.15) is 51.3 Å². The minimum atomic E-state index is -2.68. The molecule has 0 aromatic carbocycles. The second-order valence-electron chi connectivity index (χ2n) is 9.97. The Balaban J connectivity index is 1.42. The summed E-state index contributed by atoms with van der Waals surface area (Å²) < 4.78 is 32.4. The number of rotatable bonds is 7. The Labute approximate surface area is 234 Å². The number of aryl methyl sites for hydroxylation is 1. The first-order valence-corrected chi connectivity index (χ1v) is 13.0. The van der Waals surface area contributed by atoms with Crippen molar-refractivity contribution in [3.05, 3.63) is 57.3 Å². The van der Waals surface area contributed by atoms with Crippen molar-refractivity contribution in [2.75, 3.05) is 37.4 Å². The fourth-order valence-electron chi connectivity index (χ4n) is 5.02. The van der Waals surface area contributed by atoms with Gasteiger partial charge in [-0.2, -0.15) is 4.98 Å². The van der Waals surface area contributed by atoms with Gasteiger partial charge in [-0.25, -0.2) is 13.8 Å². The van der Waals surface area contributed by atoms with Gasteiger partial charge in [0, 0.05) is 60.7 Å². The molecule has 13 heteroatoms. The van der Waals surface area contributed by atoms with Crippen LogP contribution in [0.4, 0.5) is 20.5 Å². The molecule has 5 rings (SSSR count). The molecule has 3 aromatic rings. The summed E-state index contributed by atoms with van der Waals surface area (Å²) >= 11 is 6.44. The molecule has 0 radical (unpaired) electrons. The van der Waals surface area contributed by atoms with E-state index in [0.29, 0.717) is 28.3 Å². The Hall–Kier alpha value is -3.90. The molecule has 1 fully saturated rings. The molecule has 0 saturated carbocycles. The van der Waals surface area contributed by atoms with Crippen LogP contribution in [0.15, 0.2) is 18.5 Å². The molecule has 0 unspecified atom stereocenters. The van der Waals surface area contributed by atoms with Crippen LogP contribution >= 0.6 is 11.6 Å². The number of pyridine rings is 1. The molecule has 5 heterocycles. The number of aromatic amines is 1. The van der Waals surface area contributed by atoms with Gasteiger partial charge in [-0.15, -0.1) is 0 Å². The van der Waals surface area contributed by atoms with Crippen molar-refractivity contribution in [2.45, 2.75) is 39.2 Å². The first-order valence-electron chi connectivity index (χ1n) is 12.6. The van der Waals surface area contributed by atoms with Gasteiger partial charge < -0.3 is 15.5 Å². The Kier molecular flexibility index (Phi) is 7.32. The van der Waals surface area contributed by atoms with E-state index < -0.39 is 11.8 Å². The fraction of sp³-hybridized carbons (Fsp3) is 0.370. The molecule has 40 heavy (non-hydrogen) atoms. The molecule has 3 N–H and O–H groups in total. The van der Waals surface area contributed by atoms with Gasteiger partial charge in [0.1, 0.15) is 10.9 Å². The van der Waals surface area contributed by atoms with E-state index in [-0.39, 0.29) is 67.3 Å². The zero-order valence-electron chi connectivity index (χ0n) is 22.2. The lowest BCUT2D eigenvalue weighted by atomic mass is 10.1. The van der Waals surface area contributed by atoms with Crippen molar-refractivity contribution < 1.29 is 23.1 Å². The summed E-state index contributed by atoms with van der Waals surface area (Å²) in [6.45, 7) is 4.18. The van der Waals surface area contributed by atoms with E-state index in [9.17, 15) is 18.4 Å². The number of amides is 1. The number of H-pyrrole nitrogens is 1. The van der Waals surface area contributed by atoms with E-state index >= 15 is 0 Å². The maximum absolute atomic E-state index is 13.7. The number of piperidine rings is 1. The second-order valence-corrected chi connectivity index (χ2v) is 10.3. The number of likely N-dealkylation sites (tertiary alicyclic amines) is 1. The number of nitrogens with two attached hydrogens (primary N) is 1. The van der Waals surface area contributed by atoms with E-state index in [1.807, 2.05) is 13.8 Å². The lowest BCUT2D eigenvalue weighted by molar-refractivity contribution is -0.113. The number of carbonyl (C=O) groups excluding carboxylic acids is 2. The summed E-state index contributed by atoms with van der Waals surface area (Å²) in [5.41, 5.74) is 9.51. The monoisotopic (exact) mass is 571 g/mol. The molecule has 1 saturated heterocycles. The van der Waals surface area contributed by atoms with Crippen LogP contribution < -0.4 is 15.4 Å². The topological polar surface area (TPSA) is 130 Å². The quantitative estimate of drug-likeness (QED) is 0.247. The second kappa shape index (κ2) is 10.6. The van der Waals surface area contributed by atoms with E-state index in [2.05, 4.69) is 19.9 Å². The number of alkyl halides is 2. The number of nitrogen functional groups attached to an aromatic ring is 1. The van der Waals surface area contributed by atoms with Crippen LogP contribution in [-0.4, -0.2) is 69.2 Å². The van der Waals surface area contributed by atoms with Gasteiger partial charge in [0.05, 0.1) is 37.0 Å². The summed E-state index contributed by atoms with van der Waals surface area (Å²) in [6.07, 6.45) is 4.24. The van der Waals surface area contributed by atoms with Gasteiger partial charge in [-0.05, 0) is 26.0 Å². The number of nitrogens with zero attached hydrogens (tertiary/aromatic N) is 5. The SMILES string of the molecule is COc1c(C)cnc(CN2C(=O)/C(=C/c3cc(C(=O)CN4CCC(F)(F)CC4)c[nH]3)c3c(Cl)nc(N)nc32)c1C. The number of aromatic nitrogens is 4. The van der Waals surface area contributed by atoms with Crippen LogP contribution in [0.25, 0.3) is 11.6 Å². The Bertz CT molecular complexity index is 1530. The van der Waals surface area contributed by atoms with E-state index in [4.69, 9.17) is 22.1 Å². The number of carbonyl (C=O) groups is 2. The lowest BCUT2D eigenvalue weighted by Crippen LogP contribution is -2.41. The molecule has 10 nitrogen and oxygen atoms in total. The van der Waals surface area contributed by atoms with Crippen molar-refractivity contribution in [3.63, 3.8) is 0 Å². The molecule has 2 aliphatic heterocycles. The van der Waals surface area contributed by atoms with Gasteiger partial charge in [-0.1, -0.05) is 11.6 Å². The predicted octanol–water partition coefficient (Wildman–Crippen LogP) is 4.06. The molecular formula is C27H28ClF2N7O3. The van der Waals surface area contributed by atoms with Gasteiger partial charge in [-0.3, -0.25) is 24.4 Å². The molecule has 1 amide bonds. The largest absolute Gasteiger partial charge is 0.496 e. The van der Waals surface area contributed by atoms with Crippen molar-refractivity contribution in [1.29, 1.82) is 0 Å². The number of ketones is 1. The number of methoxy groups -OCH3 is 1. The summed E-state index contributed by atoms with van der Waals surface area (Å²) in [4.78, 5) is 45.5. The highest BCUT2D eigenvalue weighted by atomic mass is 35.5. The molecule has 3 aromatic heterocycles. The smallest absolute Gasteiger partial charge is 0.260 e. The van der Waals surface area contributed by atoms with Gasteiger partial charge in [0.15, 0.2) is 11.6 Å². The van der Waals surface area contributed by atoms with Gasteiger partial charge in [0.2, 0.25) is 5.95 Å². The van der Waals surface area contributed by atoms with Crippen molar-refractivity contribution in [3.8, 4) is 5.75 Å². The van der Waals surface area contributed by atoms with E-state index in [0.717, 1.165) is 11.1 Å². The molecular weight excluding hydrogens is 544 g/mol. The zero-order chi connectivity index (χ0) is 28.8. The summed E-state index contributed by atoms with van der Waals surface area (Å²) in [5.74, 6) is -2.45. The lowest BCUT2D eigenvalue weighted by Gasteiger charge is -2.30. The molecule has 0 aliphatic carbocycles. The van der Waals surface area contributed by atoms with Crippen LogP contribution in [-0.2, 0) is 11.3 Å². The summed E-state index contributed by atoms with van der Waals surface area (Å²) in [6, 6.07) is 1.60. The summed E-state index contributed by atoms with van der Waals surface area (Å²) in [7, 11) is 1.57. The third-order valence-corrected chi connectivity index (χ3v) is 7.48. The first-order chi connectivity index (χ1) is 19.0. The summed E-state index contributed by atoms with van der Waals surface area (Å²) in [5, 5.41) is 0.0144. The predicted molar refractivity (Wildman–Crippen MR) is 147 cm³/mol. The molecule has 0 bridgehead atoms. The highest BCUT2D eigenvalue weighted by molar-refractivity contribution is 6.41. The number of anilines is 2. The Morgan fingerprint density at radius 2 is 2.00 bits per heavy atom. The number of hydrogen-bond donors (Lipinski definition) is 2. The number of fused-ring (bicyclic) bond motifs is 1. The van der Waals surface area contributed by atoms with Crippen LogP contribution in [0, 0.1) is 13.8 Å². The average Bonchev–Trinajstić information content (AvgIpc) is 3.46. The number of Topliss-reactive ketones (excluding diaryl/α,β-unsaturated/α-hetero) is 1. The van der Waals surface area contributed by atoms with Gasteiger partial charge >= 0.3 is 0 Å². The maximum Gasteiger partial charge on any atom is 0.260 e. The van der Waals surface area contributed by atoms with E-state index in [1.165, 1.54) is 11.1 Å². The fourth-order valence-corrected chi connectivity index (χ4v) is 5.29. The van der Waals surface area contributed by atoms with Gasteiger partial charge in [0.25, 0.3) is 11.8 Å². The highest BCUT2D eigenvalue weighted by Crippen LogP contribution is 2.41. The van der Waals surface area contributed by atoms with E-state index in [1.54, 1.807) is 30.3 Å². The van der Waals surface area contributed by atoms with Crippen molar-refractivity contribution in [2.24, 2.45) is 0 Å². The normalized spacial score (nSPS) is 17.9. The number of halogens is 3. The van der Waals surface area contributed by atoms with Crippen LogP contribution in [0.2, 0.25) is 5.15 Å². The molecule has 0 atom stereocenters. The van der Waals surface area contributed by atoms with Crippen molar-refractivity contribution >= 4 is 46.7 Å². The highest BCUT2D eigenvalue weighted by Gasteiger charge is 2.38. The minimum Gasteiger partial charge on any atom is -0.496 e. The first kappa shape index (κ1) is 27.7. The Morgan fingerprint density at radius 3 is 2.70 bits per heavy atom. The van der Waals surface area contributed by atoms with Crippen LogP contribution in [0.5, 0.6) is 5.75 Å². The third kappa shape index (κ3) is 5.28. The molecule has 210 valence electrons. The molecule has 0 spiro atoms. The average molecular weight is 572 g/mol. The Morgan fingerprint density at radius 1 is 1.27 bits per heavy atom. The number of nitrogens with one attached hydrogen (secondary N) is 1. The molecule has 2 aliphatic rings. The van der Waals surface area contributed by atoms with Crippen molar-refractivity contribution in [1.82, 2.24) is 24.8 Å². The number of ether oxygens (including phenoxy) is 1. The van der Waals surface area contributed by atoms with Crippen LogP contribution in [0.3, 0.4) is 0 Å². The zero-order valence-corrected chi connectivity index (χ0v) is 23.0. The third-order valence-electron chi connectivity index (χ3n) is 7.20. The standard InChI is InChI=1S/C27H28ClF2N7O3/c1-14-10-33-19(15(2)22(14)40-3)12-37-24-21(23(28)34-26(31)35-24)18(25(37)39)9-17-8-16(11-32-17)20(38)13-36-6-4-27(29,30)5-7-36/h8-11,32H,4-7,12-13H2,1-3H3,(H2,31,34,35)/b18-9+.